The molecule has 3 aliphatic rings. The Labute approximate surface area is 187 Å². The molecule has 2 saturated carbocycles. The number of hydrogen-bond donors (Lipinski definition) is 2. The number of aromatic nitrogens is 5. The summed E-state index contributed by atoms with van der Waals surface area (Å²) in [6.07, 6.45) is 14.5. The van der Waals surface area contributed by atoms with E-state index < -0.39 is 0 Å². The summed E-state index contributed by atoms with van der Waals surface area (Å²) >= 11 is 0. The van der Waals surface area contributed by atoms with Crippen LogP contribution in [-0.2, 0) is 0 Å². The molecule has 0 radical (unpaired) electrons. The van der Waals surface area contributed by atoms with E-state index in [9.17, 15) is 4.79 Å². The van der Waals surface area contributed by atoms with Crippen LogP contribution < -0.4 is 5.32 Å². The van der Waals surface area contributed by atoms with E-state index in [-0.39, 0.29) is 6.03 Å². The first-order valence-electron chi connectivity index (χ1n) is 11.9. The Bertz CT molecular complexity index is 1090. The van der Waals surface area contributed by atoms with Gasteiger partial charge < -0.3 is 15.2 Å². The van der Waals surface area contributed by atoms with Gasteiger partial charge in [0.1, 0.15) is 12.0 Å². The minimum absolute atomic E-state index is 0.133. The SMILES string of the molecule is O=C(NC1CCCC1)N1CCN(C2CC(n3cc(-c4ncnc5[nH]ccc45)cn3)C2)CC1. The maximum atomic E-state index is 12.5. The first kappa shape index (κ1) is 19.7. The number of carbonyl (C=O) groups is 1. The molecular formula is C23H30N8O. The molecular weight excluding hydrogens is 404 g/mol. The molecule has 3 fully saturated rings. The fraction of sp³-hybridized carbons (Fsp3) is 0.565. The Kier molecular flexibility index (Phi) is 5.05. The molecule has 3 aromatic rings. The smallest absolute Gasteiger partial charge is 0.317 e. The van der Waals surface area contributed by atoms with Crippen molar-refractivity contribution in [3.63, 3.8) is 0 Å². The Morgan fingerprint density at radius 2 is 1.88 bits per heavy atom. The highest BCUT2D eigenvalue weighted by Crippen LogP contribution is 2.37. The zero-order chi connectivity index (χ0) is 21.5. The van der Waals surface area contributed by atoms with Crippen molar-refractivity contribution in [2.45, 2.75) is 56.7 Å². The minimum atomic E-state index is 0.133. The Morgan fingerprint density at radius 1 is 1.06 bits per heavy atom. The van der Waals surface area contributed by atoms with Crippen LogP contribution in [0.1, 0.15) is 44.6 Å². The summed E-state index contributed by atoms with van der Waals surface area (Å²) in [4.78, 5) is 28.9. The second-order valence-electron chi connectivity index (χ2n) is 9.40. The lowest BCUT2D eigenvalue weighted by molar-refractivity contribution is 0.0422. The first-order chi connectivity index (χ1) is 15.7. The number of aromatic amines is 1. The highest BCUT2D eigenvalue weighted by atomic mass is 16.2. The molecule has 0 bridgehead atoms. The molecule has 6 rings (SSSR count). The molecule has 2 amide bonds. The van der Waals surface area contributed by atoms with Gasteiger partial charge in [-0.25, -0.2) is 14.8 Å². The highest BCUT2D eigenvalue weighted by Gasteiger charge is 2.37. The monoisotopic (exact) mass is 434 g/mol. The van der Waals surface area contributed by atoms with Crippen LogP contribution in [0.5, 0.6) is 0 Å². The average molecular weight is 435 g/mol. The fourth-order valence-electron chi connectivity index (χ4n) is 5.46. The number of amides is 2. The van der Waals surface area contributed by atoms with Gasteiger partial charge in [-0.2, -0.15) is 5.10 Å². The van der Waals surface area contributed by atoms with Gasteiger partial charge in [0, 0.05) is 61.6 Å². The number of nitrogens with one attached hydrogen (secondary N) is 2. The second kappa shape index (κ2) is 8.20. The molecule has 168 valence electrons. The van der Waals surface area contributed by atoms with Gasteiger partial charge in [-0.05, 0) is 31.7 Å². The number of urea groups is 1. The van der Waals surface area contributed by atoms with Crippen molar-refractivity contribution in [1.82, 2.24) is 39.8 Å². The van der Waals surface area contributed by atoms with Crippen LogP contribution in [0.15, 0.2) is 31.0 Å². The summed E-state index contributed by atoms with van der Waals surface area (Å²) < 4.78 is 2.09. The third-order valence-electron chi connectivity index (χ3n) is 7.49. The van der Waals surface area contributed by atoms with Crippen molar-refractivity contribution in [2.24, 2.45) is 0 Å². The van der Waals surface area contributed by atoms with Gasteiger partial charge >= 0.3 is 6.03 Å². The number of rotatable bonds is 4. The summed E-state index contributed by atoms with van der Waals surface area (Å²) in [5.41, 5.74) is 2.80. The number of piperazine rings is 1. The number of fused-ring (bicyclic) bond motifs is 1. The molecule has 1 aliphatic heterocycles. The van der Waals surface area contributed by atoms with Crippen molar-refractivity contribution in [2.75, 3.05) is 26.2 Å². The molecule has 9 heteroatoms. The lowest BCUT2D eigenvalue weighted by Gasteiger charge is -2.46. The fourth-order valence-corrected chi connectivity index (χ4v) is 5.46. The minimum Gasteiger partial charge on any atom is -0.346 e. The standard InChI is InChI=1S/C23H30N8O/c32-23(28-17-3-1-2-4-17)30-9-7-29(8-10-30)18-11-19(12-18)31-14-16(13-27-31)21-20-5-6-24-22(20)26-15-25-21/h5-6,13-15,17-19H,1-4,7-12H2,(H,28,32)(H,24,25,26). The van der Waals surface area contributed by atoms with E-state index in [0.29, 0.717) is 18.1 Å². The van der Waals surface area contributed by atoms with E-state index >= 15 is 0 Å². The van der Waals surface area contributed by atoms with Gasteiger partial charge in [0.25, 0.3) is 0 Å². The molecule has 32 heavy (non-hydrogen) atoms. The quantitative estimate of drug-likeness (QED) is 0.658. The predicted octanol–water partition coefficient (Wildman–Crippen LogP) is 2.79. The first-order valence-corrected chi connectivity index (χ1v) is 11.9. The highest BCUT2D eigenvalue weighted by molar-refractivity contribution is 5.89. The predicted molar refractivity (Wildman–Crippen MR) is 121 cm³/mol. The topological polar surface area (TPSA) is 95.0 Å². The number of carbonyl (C=O) groups excluding carboxylic acids is 1. The van der Waals surface area contributed by atoms with Crippen molar-refractivity contribution in [3.05, 3.63) is 31.0 Å². The lowest BCUT2D eigenvalue weighted by atomic mass is 9.85. The Morgan fingerprint density at radius 3 is 2.69 bits per heavy atom. The largest absolute Gasteiger partial charge is 0.346 e. The van der Waals surface area contributed by atoms with Crippen molar-refractivity contribution < 1.29 is 4.79 Å². The van der Waals surface area contributed by atoms with Crippen molar-refractivity contribution in [3.8, 4) is 11.3 Å². The summed E-state index contributed by atoms with van der Waals surface area (Å²) in [7, 11) is 0. The van der Waals surface area contributed by atoms with Crippen molar-refractivity contribution >= 4 is 17.1 Å². The molecule has 2 aliphatic carbocycles. The van der Waals surface area contributed by atoms with Crippen molar-refractivity contribution in [1.29, 1.82) is 0 Å². The molecule has 9 nitrogen and oxygen atoms in total. The van der Waals surface area contributed by atoms with Crippen LogP contribution in [0.2, 0.25) is 0 Å². The molecule has 0 atom stereocenters. The Balaban J connectivity index is 1.02. The molecule has 4 heterocycles. The van der Waals surface area contributed by atoms with Gasteiger partial charge in [-0.3, -0.25) is 9.58 Å². The zero-order valence-electron chi connectivity index (χ0n) is 18.3. The van der Waals surface area contributed by atoms with Gasteiger partial charge in [-0.1, -0.05) is 12.8 Å². The average Bonchev–Trinajstić information content (AvgIpc) is 3.55. The third kappa shape index (κ3) is 3.64. The summed E-state index contributed by atoms with van der Waals surface area (Å²) in [5, 5.41) is 8.88. The molecule has 0 aromatic carbocycles. The third-order valence-corrected chi connectivity index (χ3v) is 7.49. The van der Waals surface area contributed by atoms with Crippen LogP contribution in [0.3, 0.4) is 0 Å². The van der Waals surface area contributed by atoms with Crippen LogP contribution in [0.4, 0.5) is 4.79 Å². The van der Waals surface area contributed by atoms with E-state index in [1.165, 1.54) is 12.8 Å². The number of H-pyrrole nitrogens is 1. The lowest BCUT2D eigenvalue weighted by Crippen LogP contribution is -2.57. The maximum Gasteiger partial charge on any atom is 0.317 e. The van der Waals surface area contributed by atoms with E-state index in [2.05, 4.69) is 41.1 Å². The van der Waals surface area contributed by atoms with Crippen LogP contribution >= 0.6 is 0 Å². The molecule has 0 unspecified atom stereocenters. The van der Waals surface area contributed by atoms with E-state index in [1.807, 2.05) is 23.4 Å². The molecule has 2 N–H and O–H groups in total. The molecule has 0 spiro atoms. The van der Waals surface area contributed by atoms with Gasteiger partial charge in [0.2, 0.25) is 0 Å². The summed E-state index contributed by atoms with van der Waals surface area (Å²) in [5.74, 6) is 0. The summed E-state index contributed by atoms with van der Waals surface area (Å²) in [6.45, 7) is 3.58. The number of hydrogen-bond acceptors (Lipinski definition) is 5. The Hall–Kier alpha value is -2.94. The zero-order valence-corrected chi connectivity index (χ0v) is 18.3. The van der Waals surface area contributed by atoms with Crippen LogP contribution in [-0.4, -0.2) is 78.8 Å². The normalized spacial score (nSPS) is 24.7. The number of nitrogens with zero attached hydrogens (tertiary/aromatic N) is 6. The van der Waals surface area contributed by atoms with Crippen LogP contribution in [0.25, 0.3) is 22.3 Å². The van der Waals surface area contributed by atoms with Gasteiger partial charge in [0.15, 0.2) is 0 Å². The molecule has 1 saturated heterocycles. The van der Waals surface area contributed by atoms with Gasteiger partial charge in [-0.15, -0.1) is 0 Å². The van der Waals surface area contributed by atoms with Gasteiger partial charge in [0.05, 0.1) is 17.9 Å². The van der Waals surface area contributed by atoms with E-state index in [0.717, 1.165) is 74.2 Å². The summed E-state index contributed by atoms with van der Waals surface area (Å²) in [6, 6.07) is 3.55. The van der Waals surface area contributed by atoms with Crippen LogP contribution in [0, 0.1) is 0 Å². The maximum absolute atomic E-state index is 12.5. The molecule has 3 aromatic heterocycles. The van der Waals surface area contributed by atoms with E-state index in [4.69, 9.17) is 0 Å². The second-order valence-corrected chi connectivity index (χ2v) is 9.40. The van der Waals surface area contributed by atoms with E-state index in [1.54, 1.807) is 6.33 Å².